The highest BCUT2D eigenvalue weighted by Gasteiger charge is 1.97. The van der Waals surface area contributed by atoms with Gasteiger partial charge in [0.1, 0.15) is 30.5 Å². The van der Waals surface area contributed by atoms with Crippen LogP contribution >= 0.6 is 15.9 Å². The summed E-state index contributed by atoms with van der Waals surface area (Å²) in [6, 6.07) is 15.2. The van der Waals surface area contributed by atoms with E-state index in [1.807, 2.05) is 48.5 Å². The van der Waals surface area contributed by atoms with E-state index in [4.69, 9.17) is 14.2 Å². The van der Waals surface area contributed by atoms with Gasteiger partial charge in [-0.1, -0.05) is 15.9 Å². The van der Waals surface area contributed by atoms with Crippen molar-refractivity contribution < 1.29 is 14.2 Å². The number of hydrogen-bond donors (Lipinski definition) is 0. The molecule has 0 unspecified atom stereocenters. The van der Waals surface area contributed by atoms with Gasteiger partial charge in [-0.15, -0.1) is 0 Å². The molecule has 0 radical (unpaired) electrons. The third-order valence-electron chi connectivity index (χ3n) is 2.49. The van der Waals surface area contributed by atoms with Gasteiger partial charge in [0.25, 0.3) is 0 Å². The highest BCUT2D eigenvalue weighted by Crippen LogP contribution is 2.18. The van der Waals surface area contributed by atoms with E-state index in [0.717, 1.165) is 21.7 Å². The molecule has 0 N–H and O–H groups in total. The van der Waals surface area contributed by atoms with Crippen molar-refractivity contribution >= 4 is 15.9 Å². The zero-order valence-corrected chi connectivity index (χ0v) is 12.2. The molecular formula is C15H15BrO3. The summed E-state index contributed by atoms with van der Waals surface area (Å²) in [6.45, 7) is 1.01. The van der Waals surface area contributed by atoms with E-state index >= 15 is 0 Å². The Kier molecular flexibility index (Phi) is 5.10. The van der Waals surface area contributed by atoms with Crippen molar-refractivity contribution in [3.8, 4) is 17.2 Å². The Hall–Kier alpha value is -1.68. The molecular weight excluding hydrogens is 308 g/mol. The van der Waals surface area contributed by atoms with Crippen LogP contribution in [0.5, 0.6) is 17.2 Å². The van der Waals surface area contributed by atoms with E-state index in [-0.39, 0.29) is 0 Å². The predicted octanol–water partition coefficient (Wildman–Crippen LogP) is 3.92. The van der Waals surface area contributed by atoms with Crippen LogP contribution in [0.4, 0.5) is 0 Å². The van der Waals surface area contributed by atoms with E-state index < -0.39 is 0 Å². The minimum atomic E-state index is 0.502. The molecule has 4 heteroatoms. The van der Waals surface area contributed by atoms with Crippen molar-refractivity contribution in [2.75, 3.05) is 20.3 Å². The lowest BCUT2D eigenvalue weighted by Gasteiger charge is -2.08. The van der Waals surface area contributed by atoms with Gasteiger partial charge >= 0.3 is 0 Å². The van der Waals surface area contributed by atoms with Gasteiger partial charge in [0.2, 0.25) is 0 Å². The summed E-state index contributed by atoms with van der Waals surface area (Å²) in [4.78, 5) is 0. The van der Waals surface area contributed by atoms with Crippen molar-refractivity contribution in [3.05, 3.63) is 53.0 Å². The summed E-state index contributed by atoms with van der Waals surface area (Å²) in [7, 11) is 1.64. The lowest BCUT2D eigenvalue weighted by Crippen LogP contribution is -2.08. The van der Waals surface area contributed by atoms with Crippen molar-refractivity contribution in [1.29, 1.82) is 0 Å². The third-order valence-corrected chi connectivity index (χ3v) is 3.02. The fourth-order valence-corrected chi connectivity index (χ4v) is 1.79. The molecule has 3 nitrogen and oxygen atoms in total. The minimum Gasteiger partial charge on any atom is -0.497 e. The van der Waals surface area contributed by atoms with E-state index in [1.165, 1.54) is 0 Å². The highest BCUT2D eigenvalue weighted by molar-refractivity contribution is 9.10. The first kappa shape index (κ1) is 13.7. The molecule has 2 rings (SSSR count). The summed E-state index contributed by atoms with van der Waals surface area (Å²) >= 11 is 3.38. The Morgan fingerprint density at radius 1 is 0.737 bits per heavy atom. The lowest BCUT2D eigenvalue weighted by molar-refractivity contribution is 0.217. The second kappa shape index (κ2) is 7.04. The summed E-state index contributed by atoms with van der Waals surface area (Å²) in [5, 5.41) is 0. The molecule has 0 bridgehead atoms. The van der Waals surface area contributed by atoms with Crippen LogP contribution in [0.25, 0.3) is 0 Å². The van der Waals surface area contributed by atoms with Crippen molar-refractivity contribution in [2.24, 2.45) is 0 Å². The first-order valence-corrected chi connectivity index (χ1v) is 6.72. The quantitative estimate of drug-likeness (QED) is 0.754. The lowest BCUT2D eigenvalue weighted by atomic mass is 10.3. The first-order chi connectivity index (χ1) is 9.28. The molecule has 0 fully saturated rings. The molecule has 0 heterocycles. The molecule has 0 aliphatic rings. The Morgan fingerprint density at radius 2 is 1.16 bits per heavy atom. The van der Waals surface area contributed by atoms with Crippen LogP contribution in [0.2, 0.25) is 0 Å². The number of ether oxygens (including phenoxy) is 3. The highest BCUT2D eigenvalue weighted by atomic mass is 79.9. The summed E-state index contributed by atoms with van der Waals surface area (Å²) in [5.74, 6) is 2.46. The van der Waals surface area contributed by atoms with Gasteiger partial charge in [0, 0.05) is 4.47 Å². The molecule has 2 aromatic rings. The van der Waals surface area contributed by atoms with E-state index in [2.05, 4.69) is 15.9 Å². The normalized spacial score (nSPS) is 10.0. The second-order valence-corrected chi connectivity index (χ2v) is 4.74. The Labute approximate surface area is 121 Å². The Bertz CT molecular complexity index is 494. The molecule has 0 spiro atoms. The van der Waals surface area contributed by atoms with Gasteiger partial charge in [-0.2, -0.15) is 0 Å². The standard InChI is InChI=1S/C15H15BrO3/c1-17-13-6-8-15(9-7-13)19-11-10-18-14-4-2-12(16)3-5-14/h2-9H,10-11H2,1H3. The molecule has 0 aromatic heterocycles. The van der Waals surface area contributed by atoms with Crippen LogP contribution < -0.4 is 14.2 Å². The smallest absolute Gasteiger partial charge is 0.122 e. The largest absolute Gasteiger partial charge is 0.497 e. The Morgan fingerprint density at radius 3 is 1.63 bits per heavy atom. The third kappa shape index (κ3) is 4.48. The fourth-order valence-electron chi connectivity index (χ4n) is 1.52. The molecule has 0 amide bonds. The molecule has 100 valence electrons. The monoisotopic (exact) mass is 322 g/mol. The number of benzene rings is 2. The van der Waals surface area contributed by atoms with E-state index in [1.54, 1.807) is 7.11 Å². The molecule has 0 aliphatic carbocycles. The minimum absolute atomic E-state index is 0.502. The molecule has 2 aromatic carbocycles. The van der Waals surface area contributed by atoms with Crippen LogP contribution in [0.1, 0.15) is 0 Å². The van der Waals surface area contributed by atoms with Gasteiger partial charge in [-0.3, -0.25) is 0 Å². The molecule has 0 saturated heterocycles. The van der Waals surface area contributed by atoms with Gasteiger partial charge in [-0.25, -0.2) is 0 Å². The van der Waals surface area contributed by atoms with Crippen molar-refractivity contribution in [3.63, 3.8) is 0 Å². The molecule has 0 aliphatic heterocycles. The Balaban J connectivity index is 1.72. The molecule has 19 heavy (non-hydrogen) atoms. The maximum atomic E-state index is 5.56. The second-order valence-electron chi connectivity index (χ2n) is 3.83. The van der Waals surface area contributed by atoms with Crippen molar-refractivity contribution in [2.45, 2.75) is 0 Å². The maximum Gasteiger partial charge on any atom is 0.122 e. The summed E-state index contributed by atoms with van der Waals surface area (Å²) in [6.07, 6.45) is 0. The van der Waals surface area contributed by atoms with Gasteiger partial charge < -0.3 is 14.2 Å². The molecule has 0 saturated carbocycles. The van der Waals surface area contributed by atoms with Crippen LogP contribution in [-0.2, 0) is 0 Å². The summed E-state index contributed by atoms with van der Waals surface area (Å²) in [5.41, 5.74) is 0. The van der Waals surface area contributed by atoms with E-state index in [0.29, 0.717) is 13.2 Å². The van der Waals surface area contributed by atoms with Crippen LogP contribution in [0.15, 0.2) is 53.0 Å². The average Bonchev–Trinajstić information content (AvgIpc) is 2.46. The van der Waals surface area contributed by atoms with Gasteiger partial charge in [0.05, 0.1) is 7.11 Å². The molecule has 0 atom stereocenters. The van der Waals surface area contributed by atoms with Crippen LogP contribution in [0.3, 0.4) is 0 Å². The number of halogens is 1. The summed E-state index contributed by atoms with van der Waals surface area (Å²) < 4.78 is 17.2. The van der Waals surface area contributed by atoms with Gasteiger partial charge in [-0.05, 0) is 48.5 Å². The topological polar surface area (TPSA) is 27.7 Å². The number of hydrogen-bond acceptors (Lipinski definition) is 3. The SMILES string of the molecule is COc1ccc(OCCOc2ccc(Br)cc2)cc1. The van der Waals surface area contributed by atoms with Crippen LogP contribution in [0, 0.1) is 0 Å². The van der Waals surface area contributed by atoms with Crippen LogP contribution in [-0.4, -0.2) is 20.3 Å². The van der Waals surface area contributed by atoms with E-state index in [9.17, 15) is 0 Å². The fraction of sp³-hybridized carbons (Fsp3) is 0.200. The number of methoxy groups -OCH3 is 1. The number of rotatable bonds is 6. The zero-order chi connectivity index (χ0) is 13.5. The zero-order valence-electron chi connectivity index (χ0n) is 10.6. The maximum absolute atomic E-state index is 5.56. The first-order valence-electron chi connectivity index (χ1n) is 5.93. The average molecular weight is 323 g/mol. The predicted molar refractivity (Wildman–Crippen MR) is 78.1 cm³/mol. The van der Waals surface area contributed by atoms with Crippen molar-refractivity contribution in [1.82, 2.24) is 0 Å². The van der Waals surface area contributed by atoms with Gasteiger partial charge in [0.15, 0.2) is 0 Å².